The lowest BCUT2D eigenvalue weighted by Crippen LogP contribution is -2.21. The van der Waals surface area contributed by atoms with Crippen LogP contribution in [0.1, 0.15) is 19.5 Å². The van der Waals surface area contributed by atoms with Crippen molar-refractivity contribution >= 4 is 0 Å². The fourth-order valence-corrected chi connectivity index (χ4v) is 1.23. The first kappa shape index (κ1) is 10.8. The van der Waals surface area contributed by atoms with Gasteiger partial charge in [0.15, 0.2) is 0 Å². The van der Waals surface area contributed by atoms with Gasteiger partial charge in [-0.05, 0) is 18.5 Å². The maximum Gasteiger partial charge on any atom is 0.102 e. The Morgan fingerprint density at radius 2 is 2.43 bits per heavy atom. The van der Waals surface area contributed by atoms with Crippen LogP contribution in [0.25, 0.3) is 0 Å². The molecule has 3 nitrogen and oxygen atoms in total. The van der Waals surface area contributed by atoms with Crippen LogP contribution in [-0.2, 0) is 13.1 Å². The van der Waals surface area contributed by atoms with Crippen molar-refractivity contribution in [3.05, 3.63) is 18.0 Å². The monoisotopic (exact) mass is 191 g/mol. The minimum Gasteiger partial charge on any atom is -0.311 e. The number of hydrogen-bond donors (Lipinski definition) is 1. The Balaban J connectivity index is 2.42. The van der Waals surface area contributed by atoms with Gasteiger partial charge < -0.3 is 5.32 Å². The van der Waals surface area contributed by atoms with Crippen molar-refractivity contribution in [1.29, 1.82) is 0 Å². The van der Waals surface area contributed by atoms with E-state index in [9.17, 15) is 0 Å². The molecule has 0 aliphatic rings. The van der Waals surface area contributed by atoms with Gasteiger partial charge in [0, 0.05) is 12.7 Å². The molecule has 0 saturated heterocycles. The molecule has 0 aliphatic carbocycles. The molecule has 1 aromatic heterocycles. The molecule has 1 aromatic rings. The summed E-state index contributed by atoms with van der Waals surface area (Å²) in [5, 5.41) is 7.49. The predicted molar refractivity (Wildman–Crippen MR) is 57.6 cm³/mol. The van der Waals surface area contributed by atoms with Gasteiger partial charge in [-0.25, -0.2) is 0 Å². The molecular formula is C11H17N3. The van der Waals surface area contributed by atoms with Crippen molar-refractivity contribution in [3.8, 4) is 12.3 Å². The number of rotatable bonds is 5. The lowest BCUT2D eigenvalue weighted by atomic mass is 10.2. The quantitative estimate of drug-likeness (QED) is 0.710. The summed E-state index contributed by atoms with van der Waals surface area (Å²) in [5.41, 5.74) is 1.14. The van der Waals surface area contributed by atoms with Crippen molar-refractivity contribution in [2.75, 3.05) is 6.54 Å². The predicted octanol–water partition coefficient (Wildman–Crippen LogP) is 1.26. The molecule has 14 heavy (non-hydrogen) atoms. The van der Waals surface area contributed by atoms with Crippen molar-refractivity contribution in [1.82, 2.24) is 15.1 Å². The van der Waals surface area contributed by atoms with Gasteiger partial charge in [0.1, 0.15) is 6.54 Å². The number of terminal acetylenes is 1. The number of nitrogens with one attached hydrogen (secondary N) is 1. The fourth-order valence-electron chi connectivity index (χ4n) is 1.23. The third-order valence-corrected chi connectivity index (χ3v) is 1.90. The summed E-state index contributed by atoms with van der Waals surface area (Å²) >= 11 is 0. The summed E-state index contributed by atoms with van der Waals surface area (Å²) in [6, 6.07) is 1.99. The Morgan fingerprint density at radius 3 is 3.07 bits per heavy atom. The molecule has 0 aliphatic heterocycles. The second-order valence-corrected chi connectivity index (χ2v) is 3.71. The van der Waals surface area contributed by atoms with E-state index in [1.807, 2.05) is 10.7 Å². The molecule has 1 N–H and O–H groups in total. The molecule has 1 rings (SSSR count). The smallest absolute Gasteiger partial charge is 0.102 e. The van der Waals surface area contributed by atoms with Crippen LogP contribution in [0.5, 0.6) is 0 Å². The SMILES string of the molecule is C#CCn1nccc1CNCC(C)C. The summed E-state index contributed by atoms with van der Waals surface area (Å²) in [7, 11) is 0. The second-order valence-electron chi connectivity index (χ2n) is 3.71. The van der Waals surface area contributed by atoms with E-state index in [0.29, 0.717) is 12.5 Å². The first-order valence-electron chi connectivity index (χ1n) is 4.89. The third-order valence-electron chi connectivity index (χ3n) is 1.90. The molecule has 0 spiro atoms. The van der Waals surface area contributed by atoms with Crippen LogP contribution in [-0.4, -0.2) is 16.3 Å². The van der Waals surface area contributed by atoms with E-state index >= 15 is 0 Å². The van der Waals surface area contributed by atoms with Crippen LogP contribution in [0.4, 0.5) is 0 Å². The van der Waals surface area contributed by atoms with Crippen LogP contribution in [0.2, 0.25) is 0 Å². The summed E-state index contributed by atoms with van der Waals surface area (Å²) in [5.74, 6) is 3.25. The molecular weight excluding hydrogens is 174 g/mol. The highest BCUT2D eigenvalue weighted by molar-refractivity contribution is 5.02. The Hall–Kier alpha value is -1.27. The van der Waals surface area contributed by atoms with Gasteiger partial charge >= 0.3 is 0 Å². The molecule has 3 heteroatoms. The summed E-state index contributed by atoms with van der Waals surface area (Å²) in [4.78, 5) is 0. The Bertz CT molecular complexity index is 307. The molecule has 0 saturated carbocycles. The summed E-state index contributed by atoms with van der Waals surface area (Å²) < 4.78 is 1.84. The molecule has 1 heterocycles. The lowest BCUT2D eigenvalue weighted by molar-refractivity contribution is 0.532. The van der Waals surface area contributed by atoms with Crippen LogP contribution >= 0.6 is 0 Å². The average Bonchev–Trinajstić information content (AvgIpc) is 2.53. The van der Waals surface area contributed by atoms with Gasteiger partial charge in [0.05, 0.1) is 5.69 Å². The summed E-state index contributed by atoms with van der Waals surface area (Å²) in [6.07, 6.45) is 7.02. The summed E-state index contributed by atoms with van der Waals surface area (Å²) in [6.45, 7) is 6.77. The standard InChI is InChI=1S/C11H17N3/c1-4-7-14-11(5-6-13-14)9-12-8-10(2)3/h1,5-6,10,12H,7-9H2,2-3H3. The van der Waals surface area contributed by atoms with E-state index in [4.69, 9.17) is 6.42 Å². The number of nitrogens with zero attached hydrogens (tertiary/aromatic N) is 2. The first-order chi connectivity index (χ1) is 6.74. The first-order valence-corrected chi connectivity index (χ1v) is 4.89. The third kappa shape index (κ3) is 3.23. The Morgan fingerprint density at radius 1 is 1.64 bits per heavy atom. The van der Waals surface area contributed by atoms with Crippen LogP contribution in [0.15, 0.2) is 12.3 Å². The largest absolute Gasteiger partial charge is 0.311 e. The lowest BCUT2D eigenvalue weighted by Gasteiger charge is -2.08. The highest BCUT2D eigenvalue weighted by Gasteiger charge is 2.00. The van der Waals surface area contributed by atoms with Gasteiger partial charge in [0.25, 0.3) is 0 Å². The number of aromatic nitrogens is 2. The molecule has 0 radical (unpaired) electrons. The van der Waals surface area contributed by atoms with E-state index in [1.54, 1.807) is 6.20 Å². The van der Waals surface area contributed by atoms with Crippen molar-refractivity contribution in [2.45, 2.75) is 26.9 Å². The molecule has 0 fully saturated rings. The zero-order valence-corrected chi connectivity index (χ0v) is 8.83. The average molecular weight is 191 g/mol. The van der Waals surface area contributed by atoms with Gasteiger partial charge in [0.2, 0.25) is 0 Å². The van der Waals surface area contributed by atoms with Gasteiger partial charge in [-0.15, -0.1) is 6.42 Å². The van der Waals surface area contributed by atoms with E-state index < -0.39 is 0 Å². The van der Waals surface area contributed by atoms with E-state index in [1.165, 1.54) is 0 Å². The van der Waals surface area contributed by atoms with Crippen LogP contribution in [0, 0.1) is 18.3 Å². The van der Waals surface area contributed by atoms with Crippen LogP contribution < -0.4 is 5.32 Å². The molecule has 0 aromatic carbocycles. The molecule has 0 atom stereocenters. The topological polar surface area (TPSA) is 29.9 Å². The molecule has 0 amide bonds. The molecule has 0 bridgehead atoms. The van der Waals surface area contributed by atoms with Gasteiger partial charge in [-0.2, -0.15) is 5.10 Å². The fraction of sp³-hybridized carbons (Fsp3) is 0.545. The maximum absolute atomic E-state index is 5.23. The van der Waals surface area contributed by atoms with Gasteiger partial charge in [-0.1, -0.05) is 19.8 Å². The van der Waals surface area contributed by atoms with Crippen molar-refractivity contribution in [2.24, 2.45) is 5.92 Å². The molecule has 0 unspecified atom stereocenters. The van der Waals surface area contributed by atoms with Crippen molar-refractivity contribution < 1.29 is 0 Å². The second kappa shape index (κ2) is 5.46. The van der Waals surface area contributed by atoms with E-state index in [-0.39, 0.29) is 0 Å². The van der Waals surface area contributed by atoms with E-state index in [2.05, 4.69) is 30.2 Å². The van der Waals surface area contributed by atoms with Crippen molar-refractivity contribution in [3.63, 3.8) is 0 Å². The molecule has 76 valence electrons. The van der Waals surface area contributed by atoms with Gasteiger partial charge in [-0.3, -0.25) is 4.68 Å². The minimum atomic E-state index is 0.547. The zero-order chi connectivity index (χ0) is 10.4. The minimum absolute atomic E-state index is 0.547. The van der Waals surface area contributed by atoms with E-state index in [0.717, 1.165) is 18.8 Å². The normalized spacial score (nSPS) is 10.4. The number of hydrogen-bond acceptors (Lipinski definition) is 2. The Labute approximate surface area is 85.5 Å². The maximum atomic E-state index is 5.23. The zero-order valence-electron chi connectivity index (χ0n) is 8.83. The highest BCUT2D eigenvalue weighted by Crippen LogP contribution is 1.98. The van der Waals surface area contributed by atoms with Crippen LogP contribution in [0.3, 0.4) is 0 Å². The Kier molecular flexibility index (Phi) is 4.21. The highest BCUT2D eigenvalue weighted by atomic mass is 15.3.